The predicted octanol–water partition coefficient (Wildman–Crippen LogP) is 1.42. The standard InChI is InChI=1S/C12H22N2O/c1-8-2-4-9(5-3-8)11(12(13)15)14-10-6-7-10/h8-11,14H,2-7H2,1H3,(H2,13,15). The lowest BCUT2D eigenvalue weighted by Crippen LogP contribution is -2.48. The third kappa shape index (κ3) is 2.94. The first-order valence-corrected chi connectivity index (χ1v) is 6.22. The molecule has 0 spiro atoms. The lowest BCUT2D eigenvalue weighted by atomic mass is 9.79. The molecule has 0 radical (unpaired) electrons. The molecule has 0 bridgehead atoms. The van der Waals surface area contributed by atoms with Crippen LogP contribution in [0.5, 0.6) is 0 Å². The van der Waals surface area contributed by atoms with Gasteiger partial charge in [-0.1, -0.05) is 19.8 Å². The molecule has 0 aromatic carbocycles. The molecule has 15 heavy (non-hydrogen) atoms. The lowest BCUT2D eigenvalue weighted by Gasteiger charge is -2.31. The Bertz CT molecular complexity index is 230. The van der Waals surface area contributed by atoms with Crippen LogP contribution < -0.4 is 11.1 Å². The Morgan fingerprint density at radius 2 is 1.80 bits per heavy atom. The number of hydrogen-bond acceptors (Lipinski definition) is 2. The summed E-state index contributed by atoms with van der Waals surface area (Å²) in [5, 5.41) is 3.40. The van der Waals surface area contributed by atoms with Crippen LogP contribution in [-0.2, 0) is 4.79 Å². The topological polar surface area (TPSA) is 55.1 Å². The maximum absolute atomic E-state index is 11.4. The minimum atomic E-state index is -0.151. The van der Waals surface area contributed by atoms with Crippen LogP contribution in [0.15, 0.2) is 0 Å². The molecule has 3 nitrogen and oxygen atoms in total. The molecule has 0 aromatic heterocycles. The average Bonchev–Trinajstić information content (AvgIpc) is 2.99. The van der Waals surface area contributed by atoms with E-state index in [-0.39, 0.29) is 11.9 Å². The molecule has 1 atom stereocenters. The van der Waals surface area contributed by atoms with Crippen molar-refractivity contribution in [2.45, 2.75) is 57.5 Å². The molecule has 2 saturated carbocycles. The Hall–Kier alpha value is -0.570. The molecule has 2 rings (SSSR count). The van der Waals surface area contributed by atoms with Crippen molar-refractivity contribution in [3.05, 3.63) is 0 Å². The number of nitrogens with two attached hydrogens (primary N) is 1. The number of amides is 1. The van der Waals surface area contributed by atoms with Gasteiger partial charge in [-0.2, -0.15) is 0 Å². The third-order valence-corrected chi connectivity index (χ3v) is 3.83. The number of carbonyl (C=O) groups excluding carboxylic acids is 1. The zero-order valence-electron chi connectivity index (χ0n) is 9.54. The van der Waals surface area contributed by atoms with Crippen molar-refractivity contribution in [1.82, 2.24) is 5.32 Å². The normalized spacial score (nSPS) is 33.7. The summed E-state index contributed by atoms with van der Waals surface area (Å²) >= 11 is 0. The summed E-state index contributed by atoms with van der Waals surface area (Å²) in [5.74, 6) is 1.16. The summed E-state index contributed by atoms with van der Waals surface area (Å²) in [5.41, 5.74) is 5.48. The molecule has 2 aliphatic rings. The Kier molecular flexibility index (Phi) is 3.29. The van der Waals surface area contributed by atoms with Gasteiger partial charge in [0.25, 0.3) is 0 Å². The number of hydrogen-bond donors (Lipinski definition) is 2. The highest BCUT2D eigenvalue weighted by molar-refractivity contribution is 5.80. The molecule has 0 saturated heterocycles. The summed E-state index contributed by atoms with van der Waals surface area (Å²) in [6, 6.07) is 0.506. The van der Waals surface area contributed by atoms with Crippen LogP contribution in [0.1, 0.15) is 45.4 Å². The minimum absolute atomic E-state index is 0.0648. The first-order chi connectivity index (χ1) is 7.16. The van der Waals surface area contributed by atoms with Gasteiger partial charge in [-0.3, -0.25) is 4.79 Å². The van der Waals surface area contributed by atoms with Crippen molar-refractivity contribution < 1.29 is 4.79 Å². The van der Waals surface area contributed by atoms with Crippen molar-refractivity contribution in [1.29, 1.82) is 0 Å². The quantitative estimate of drug-likeness (QED) is 0.737. The van der Waals surface area contributed by atoms with Crippen molar-refractivity contribution in [2.75, 3.05) is 0 Å². The maximum atomic E-state index is 11.4. The highest BCUT2D eigenvalue weighted by Crippen LogP contribution is 2.32. The fourth-order valence-corrected chi connectivity index (χ4v) is 2.57. The zero-order chi connectivity index (χ0) is 10.8. The SMILES string of the molecule is CC1CCC(C(NC2CC2)C(N)=O)CC1. The first-order valence-electron chi connectivity index (χ1n) is 6.22. The molecule has 2 fully saturated rings. The number of carbonyl (C=O) groups is 1. The predicted molar refractivity (Wildman–Crippen MR) is 60.3 cm³/mol. The third-order valence-electron chi connectivity index (χ3n) is 3.83. The van der Waals surface area contributed by atoms with E-state index in [1.807, 2.05) is 0 Å². The molecule has 0 aliphatic heterocycles. The summed E-state index contributed by atoms with van der Waals surface area (Å²) in [4.78, 5) is 11.4. The van der Waals surface area contributed by atoms with Crippen LogP contribution in [0, 0.1) is 11.8 Å². The Morgan fingerprint density at radius 1 is 1.20 bits per heavy atom. The van der Waals surface area contributed by atoms with Crippen LogP contribution in [0.3, 0.4) is 0 Å². The summed E-state index contributed by atoms with van der Waals surface area (Å²) in [7, 11) is 0. The first kappa shape index (κ1) is 10.9. The van der Waals surface area contributed by atoms with Gasteiger partial charge in [0.15, 0.2) is 0 Å². The average molecular weight is 210 g/mol. The lowest BCUT2D eigenvalue weighted by molar-refractivity contribution is -0.121. The maximum Gasteiger partial charge on any atom is 0.234 e. The van der Waals surface area contributed by atoms with E-state index in [0.29, 0.717) is 12.0 Å². The van der Waals surface area contributed by atoms with E-state index < -0.39 is 0 Å². The van der Waals surface area contributed by atoms with Crippen molar-refractivity contribution in [3.8, 4) is 0 Å². The second-order valence-corrected chi connectivity index (χ2v) is 5.34. The van der Waals surface area contributed by atoms with Gasteiger partial charge in [0.05, 0.1) is 6.04 Å². The molecule has 2 aliphatic carbocycles. The molecule has 3 heteroatoms. The fourth-order valence-electron chi connectivity index (χ4n) is 2.57. The van der Waals surface area contributed by atoms with Crippen LogP contribution in [0.25, 0.3) is 0 Å². The minimum Gasteiger partial charge on any atom is -0.368 e. The van der Waals surface area contributed by atoms with Gasteiger partial charge in [-0.15, -0.1) is 0 Å². The Labute approximate surface area is 91.8 Å². The van der Waals surface area contributed by atoms with E-state index in [4.69, 9.17) is 5.73 Å². The highest BCUT2D eigenvalue weighted by Gasteiger charge is 2.34. The van der Waals surface area contributed by atoms with Gasteiger partial charge in [0.1, 0.15) is 0 Å². The van der Waals surface area contributed by atoms with E-state index >= 15 is 0 Å². The molecular weight excluding hydrogens is 188 g/mol. The number of rotatable bonds is 4. The van der Waals surface area contributed by atoms with Gasteiger partial charge < -0.3 is 11.1 Å². The van der Waals surface area contributed by atoms with Gasteiger partial charge in [0, 0.05) is 6.04 Å². The number of nitrogens with one attached hydrogen (secondary N) is 1. The monoisotopic (exact) mass is 210 g/mol. The molecular formula is C12H22N2O. The van der Waals surface area contributed by atoms with E-state index in [9.17, 15) is 4.79 Å². The van der Waals surface area contributed by atoms with Gasteiger partial charge >= 0.3 is 0 Å². The summed E-state index contributed by atoms with van der Waals surface area (Å²) in [6.45, 7) is 2.30. The van der Waals surface area contributed by atoms with Crippen molar-refractivity contribution in [3.63, 3.8) is 0 Å². The fraction of sp³-hybridized carbons (Fsp3) is 0.917. The van der Waals surface area contributed by atoms with E-state index in [1.54, 1.807) is 0 Å². The molecule has 1 amide bonds. The summed E-state index contributed by atoms with van der Waals surface area (Å²) < 4.78 is 0. The van der Waals surface area contributed by atoms with Crippen molar-refractivity contribution >= 4 is 5.91 Å². The molecule has 1 unspecified atom stereocenters. The van der Waals surface area contributed by atoms with E-state index in [2.05, 4.69) is 12.2 Å². The van der Waals surface area contributed by atoms with Crippen LogP contribution in [-0.4, -0.2) is 18.0 Å². The molecule has 86 valence electrons. The molecule has 0 aromatic rings. The van der Waals surface area contributed by atoms with E-state index in [0.717, 1.165) is 18.8 Å². The van der Waals surface area contributed by atoms with Crippen LogP contribution >= 0.6 is 0 Å². The van der Waals surface area contributed by atoms with Gasteiger partial charge in [0.2, 0.25) is 5.91 Å². The Morgan fingerprint density at radius 3 is 2.27 bits per heavy atom. The Balaban J connectivity index is 1.88. The zero-order valence-corrected chi connectivity index (χ0v) is 9.54. The molecule has 0 heterocycles. The van der Waals surface area contributed by atoms with Crippen LogP contribution in [0.4, 0.5) is 0 Å². The van der Waals surface area contributed by atoms with Crippen molar-refractivity contribution in [2.24, 2.45) is 17.6 Å². The largest absolute Gasteiger partial charge is 0.368 e. The van der Waals surface area contributed by atoms with Gasteiger partial charge in [-0.25, -0.2) is 0 Å². The molecule has 3 N–H and O–H groups in total. The van der Waals surface area contributed by atoms with Gasteiger partial charge in [-0.05, 0) is 37.5 Å². The van der Waals surface area contributed by atoms with Crippen LogP contribution in [0.2, 0.25) is 0 Å². The second-order valence-electron chi connectivity index (χ2n) is 5.34. The smallest absolute Gasteiger partial charge is 0.234 e. The second kappa shape index (κ2) is 4.52. The van der Waals surface area contributed by atoms with E-state index in [1.165, 1.54) is 25.7 Å². The highest BCUT2D eigenvalue weighted by atomic mass is 16.1. The summed E-state index contributed by atoms with van der Waals surface area (Å²) in [6.07, 6.45) is 7.25. The number of primary amides is 1.